The number of rotatable bonds is 13. The number of benzene rings is 1. The Bertz CT molecular complexity index is 953. The summed E-state index contributed by atoms with van der Waals surface area (Å²) in [5.74, 6) is -0.631. The first-order valence-electron chi connectivity index (χ1n) is 14.0. The van der Waals surface area contributed by atoms with Crippen LogP contribution in [0.15, 0.2) is 18.2 Å². The quantitative estimate of drug-likeness (QED) is 0.285. The van der Waals surface area contributed by atoms with Gasteiger partial charge in [0.05, 0.1) is 17.7 Å². The van der Waals surface area contributed by atoms with E-state index in [1.165, 1.54) is 77.0 Å². The van der Waals surface area contributed by atoms with Crippen molar-refractivity contribution < 1.29 is 23.9 Å². The number of carbonyl (C=O) groups is 4. The molecule has 1 atom stereocenters. The van der Waals surface area contributed by atoms with Crippen molar-refractivity contribution in [3.8, 4) is 5.75 Å². The minimum absolute atomic E-state index is 0.105. The molecule has 0 radical (unpaired) electrons. The third kappa shape index (κ3) is 6.54. The summed E-state index contributed by atoms with van der Waals surface area (Å²) in [5, 5.41) is 2.22. The summed E-state index contributed by atoms with van der Waals surface area (Å²) in [6.45, 7) is 0.484. The summed E-state index contributed by atoms with van der Waals surface area (Å²) in [6, 6.07) is 4.02. The number of nitrogens with zero attached hydrogens (tertiary/aromatic N) is 1. The SMILES string of the molecule is O=C1CCC(N2C(=O)c3cccc(OCCCCCCCCCCC4CCCCC4)c3C2=O)C(=O)N1. The number of imide groups is 2. The van der Waals surface area contributed by atoms with Gasteiger partial charge in [-0.3, -0.25) is 29.4 Å². The number of piperidine rings is 1. The molecular weight excluding hydrogens is 456 g/mol. The number of carbonyl (C=O) groups excluding carboxylic acids is 4. The van der Waals surface area contributed by atoms with Gasteiger partial charge < -0.3 is 4.74 Å². The van der Waals surface area contributed by atoms with Crippen molar-refractivity contribution in [1.29, 1.82) is 0 Å². The van der Waals surface area contributed by atoms with E-state index < -0.39 is 23.8 Å². The molecule has 1 saturated heterocycles. The number of nitrogens with one attached hydrogen (secondary N) is 1. The van der Waals surface area contributed by atoms with Crippen molar-refractivity contribution in [3.63, 3.8) is 0 Å². The van der Waals surface area contributed by atoms with E-state index in [0.29, 0.717) is 12.4 Å². The highest BCUT2D eigenvalue weighted by Crippen LogP contribution is 2.34. The Kier molecular flexibility index (Phi) is 9.54. The maximum absolute atomic E-state index is 13.1. The van der Waals surface area contributed by atoms with Crippen molar-refractivity contribution in [2.75, 3.05) is 6.61 Å². The zero-order valence-electron chi connectivity index (χ0n) is 21.4. The van der Waals surface area contributed by atoms with Gasteiger partial charge in [0.2, 0.25) is 11.8 Å². The van der Waals surface area contributed by atoms with E-state index in [1.54, 1.807) is 18.2 Å². The molecule has 196 valence electrons. The number of hydrogen-bond acceptors (Lipinski definition) is 5. The average Bonchev–Trinajstić information content (AvgIpc) is 3.13. The first-order chi connectivity index (χ1) is 17.6. The third-order valence-electron chi connectivity index (χ3n) is 7.92. The van der Waals surface area contributed by atoms with Gasteiger partial charge >= 0.3 is 0 Å². The maximum Gasteiger partial charge on any atom is 0.266 e. The fourth-order valence-corrected chi connectivity index (χ4v) is 5.86. The van der Waals surface area contributed by atoms with E-state index in [4.69, 9.17) is 4.74 Å². The van der Waals surface area contributed by atoms with Crippen LogP contribution in [-0.4, -0.2) is 41.2 Å². The highest BCUT2D eigenvalue weighted by Gasteiger charge is 2.45. The molecule has 7 heteroatoms. The fraction of sp³-hybridized carbons (Fsp3) is 0.655. The number of ether oxygens (including phenoxy) is 1. The predicted molar refractivity (Wildman–Crippen MR) is 137 cm³/mol. The van der Waals surface area contributed by atoms with E-state index in [0.717, 1.165) is 23.7 Å². The molecule has 4 rings (SSSR count). The lowest BCUT2D eigenvalue weighted by molar-refractivity contribution is -0.136. The lowest BCUT2D eigenvalue weighted by Gasteiger charge is -2.27. The Morgan fingerprint density at radius 1 is 0.806 bits per heavy atom. The summed E-state index contributed by atoms with van der Waals surface area (Å²) >= 11 is 0. The molecule has 2 fully saturated rings. The second-order valence-corrected chi connectivity index (χ2v) is 10.6. The molecule has 1 unspecified atom stereocenters. The lowest BCUT2D eigenvalue weighted by atomic mass is 9.85. The fourth-order valence-electron chi connectivity index (χ4n) is 5.86. The van der Waals surface area contributed by atoms with Gasteiger partial charge in [-0.2, -0.15) is 0 Å². The average molecular weight is 497 g/mol. The minimum atomic E-state index is -0.963. The number of unbranched alkanes of at least 4 members (excludes halogenated alkanes) is 7. The molecule has 2 heterocycles. The summed E-state index contributed by atoms with van der Waals surface area (Å²) in [5.41, 5.74) is 0.478. The molecule has 4 amide bonds. The van der Waals surface area contributed by atoms with E-state index >= 15 is 0 Å². The number of amides is 4. The van der Waals surface area contributed by atoms with Crippen LogP contribution in [-0.2, 0) is 9.59 Å². The Hall–Kier alpha value is -2.70. The predicted octanol–water partition coefficient (Wildman–Crippen LogP) is 5.56. The summed E-state index contributed by atoms with van der Waals surface area (Å²) in [6.07, 6.45) is 18.7. The topological polar surface area (TPSA) is 92.8 Å². The van der Waals surface area contributed by atoms with Crippen molar-refractivity contribution in [1.82, 2.24) is 10.2 Å². The van der Waals surface area contributed by atoms with Crippen LogP contribution in [0, 0.1) is 5.92 Å². The Morgan fingerprint density at radius 2 is 1.50 bits per heavy atom. The molecule has 1 aliphatic carbocycles. The van der Waals surface area contributed by atoms with Gasteiger partial charge in [0.1, 0.15) is 11.8 Å². The normalized spacial score (nSPS) is 20.6. The molecule has 1 saturated carbocycles. The van der Waals surface area contributed by atoms with Crippen molar-refractivity contribution in [3.05, 3.63) is 29.3 Å². The molecule has 36 heavy (non-hydrogen) atoms. The first-order valence-corrected chi connectivity index (χ1v) is 14.0. The monoisotopic (exact) mass is 496 g/mol. The lowest BCUT2D eigenvalue weighted by Crippen LogP contribution is -2.54. The van der Waals surface area contributed by atoms with Gasteiger partial charge in [0, 0.05) is 6.42 Å². The van der Waals surface area contributed by atoms with Crippen LogP contribution < -0.4 is 10.1 Å². The molecular formula is C29H40N2O5. The molecule has 0 aromatic heterocycles. The van der Waals surface area contributed by atoms with Crippen LogP contribution >= 0.6 is 0 Å². The minimum Gasteiger partial charge on any atom is -0.493 e. The van der Waals surface area contributed by atoms with E-state index in [-0.39, 0.29) is 29.9 Å². The summed E-state index contributed by atoms with van der Waals surface area (Å²) < 4.78 is 5.91. The summed E-state index contributed by atoms with van der Waals surface area (Å²) in [7, 11) is 0. The van der Waals surface area contributed by atoms with Crippen LogP contribution in [0.4, 0.5) is 0 Å². The van der Waals surface area contributed by atoms with Crippen LogP contribution in [0.5, 0.6) is 5.75 Å². The molecule has 1 N–H and O–H groups in total. The maximum atomic E-state index is 13.1. The highest BCUT2D eigenvalue weighted by molar-refractivity contribution is 6.24. The van der Waals surface area contributed by atoms with Gasteiger partial charge in [0.15, 0.2) is 0 Å². The largest absolute Gasteiger partial charge is 0.493 e. The smallest absolute Gasteiger partial charge is 0.266 e. The molecule has 7 nitrogen and oxygen atoms in total. The van der Waals surface area contributed by atoms with Crippen molar-refractivity contribution >= 4 is 23.6 Å². The molecule has 1 aromatic rings. The Morgan fingerprint density at radius 3 is 2.22 bits per heavy atom. The third-order valence-corrected chi connectivity index (χ3v) is 7.92. The van der Waals surface area contributed by atoms with E-state index in [1.807, 2.05) is 0 Å². The molecule has 1 aromatic carbocycles. The molecule has 2 aliphatic heterocycles. The van der Waals surface area contributed by atoms with E-state index in [9.17, 15) is 19.2 Å². The van der Waals surface area contributed by atoms with Crippen LogP contribution in [0.1, 0.15) is 123 Å². The van der Waals surface area contributed by atoms with Gasteiger partial charge in [-0.05, 0) is 30.9 Å². The zero-order valence-corrected chi connectivity index (χ0v) is 21.4. The van der Waals surface area contributed by atoms with Gasteiger partial charge in [0.25, 0.3) is 11.8 Å². The van der Waals surface area contributed by atoms with Crippen LogP contribution in [0.2, 0.25) is 0 Å². The first kappa shape index (κ1) is 26.4. The highest BCUT2D eigenvalue weighted by atomic mass is 16.5. The van der Waals surface area contributed by atoms with Crippen molar-refractivity contribution in [2.45, 2.75) is 109 Å². The van der Waals surface area contributed by atoms with Gasteiger partial charge in [-0.25, -0.2) is 0 Å². The van der Waals surface area contributed by atoms with Crippen molar-refractivity contribution in [2.24, 2.45) is 5.92 Å². The number of hydrogen-bond donors (Lipinski definition) is 1. The Balaban J connectivity index is 1.13. The van der Waals surface area contributed by atoms with Crippen LogP contribution in [0.25, 0.3) is 0 Å². The number of fused-ring (bicyclic) bond motifs is 1. The van der Waals surface area contributed by atoms with Crippen LogP contribution in [0.3, 0.4) is 0 Å². The zero-order chi connectivity index (χ0) is 25.3. The standard InChI is InChI=1S/C29H40N2O5/c32-25-19-18-23(27(33)30-25)31-28(34)22-16-12-17-24(26(22)29(31)35)36-20-11-6-4-2-1-3-5-8-13-21-14-9-7-10-15-21/h12,16-17,21,23H,1-11,13-15,18-20H2,(H,30,32,33). The summed E-state index contributed by atoms with van der Waals surface area (Å²) in [4.78, 5) is 50.7. The van der Waals surface area contributed by atoms with Gasteiger partial charge in [-0.1, -0.05) is 89.5 Å². The second-order valence-electron chi connectivity index (χ2n) is 10.6. The Labute approximate surface area is 214 Å². The van der Waals surface area contributed by atoms with Gasteiger partial charge in [-0.15, -0.1) is 0 Å². The van der Waals surface area contributed by atoms with E-state index in [2.05, 4.69) is 5.32 Å². The molecule has 3 aliphatic rings. The molecule has 0 bridgehead atoms. The second kappa shape index (κ2) is 13.0. The molecule has 0 spiro atoms.